The molecule has 14 heavy (non-hydrogen) atoms. The molecule has 0 fully saturated rings. The summed E-state index contributed by atoms with van der Waals surface area (Å²) in [5.41, 5.74) is 7.66. The Hall–Kier alpha value is -1.71. The van der Waals surface area contributed by atoms with Crippen molar-refractivity contribution in [2.24, 2.45) is 0 Å². The van der Waals surface area contributed by atoms with Crippen molar-refractivity contribution in [2.75, 3.05) is 5.73 Å². The van der Waals surface area contributed by atoms with E-state index in [2.05, 4.69) is 24.0 Å². The Morgan fingerprint density at radius 2 is 2.29 bits per heavy atom. The molecule has 0 aliphatic rings. The van der Waals surface area contributed by atoms with E-state index in [1.807, 2.05) is 12.1 Å². The molecular formula is C10H13N3O. The monoisotopic (exact) mass is 191 g/mol. The van der Waals surface area contributed by atoms with Gasteiger partial charge in [-0.2, -0.15) is 5.10 Å². The largest absolute Gasteiger partial charge is 0.464 e. The van der Waals surface area contributed by atoms with Crippen LogP contribution in [0.3, 0.4) is 0 Å². The summed E-state index contributed by atoms with van der Waals surface area (Å²) in [5, 5.41) is 6.91. The Morgan fingerprint density at radius 3 is 2.86 bits per heavy atom. The second-order valence-corrected chi connectivity index (χ2v) is 3.53. The third-order valence-electron chi connectivity index (χ3n) is 2.17. The summed E-state index contributed by atoms with van der Waals surface area (Å²) < 4.78 is 5.31. The lowest BCUT2D eigenvalue weighted by atomic mass is 10.0. The second-order valence-electron chi connectivity index (χ2n) is 3.53. The van der Waals surface area contributed by atoms with Gasteiger partial charge in [-0.25, -0.2) is 0 Å². The Bertz CT molecular complexity index is 415. The number of nitrogens with two attached hydrogens (primary N) is 1. The van der Waals surface area contributed by atoms with Gasteiger partial charge in [-0.05, 0) is 18.1 Å². The van der Waals surface area contributed by atoms with E-state index in [9.17, 15) is 0 Å². The number of aromatic nitrogens is 2. The molecule has 0 aliphatic carbocycles. The molecule has 0 saturated heterocycles. The van der Waals surface area contributed by atoms with Crippen molar-refractivity contribution in [3.8, 4) is 11.3 Å². The molecule has 0 bridgehead atoms. The molecule has 0 aromatic carbocycles. The number of H-pyrrole nitrogens is 1. The summed E-state index contributed by atoms with van der Waals surface area (Å²) in [6.45, 7) is 4.17. The summed E-state index contributed by atoms with van der Waals surface area (Å²) in [6, 6.07) is 3.72. The van der Waals surface area contributed by atoms with Gasteiger partial charge in [0.2, 0.25) is 0 Å². The van der Waals surface area contributed by atoms with Crippen molar-refractivity contribution in [2.45, 2.75) is 19.8 Å². The van der Waals surface area contributed by atoms with E-state index in [0.717, 1.165) is 17.0 Å². The van der Waals surface area contributed by atoms with E-state index < -0.39 is 0 Å². The van der Waals surface area contributed by atoms with E-state index >= 15 is 0 Å². The number of rotatable bonds is 2. The number of aromatic amines is 1. The molecule has 0 spiro atoms. The molecule has 2 aromatic heterocycles. The zero-order chi connectivity index (χ0) is 10.1. The van der Waals surface area contributed by atoms with Crippen LogP contribution < -0.4 is 5.73 Å². The SMILES string of the molecule is CC(C)c1[nH]nc(N)c1-c1ccco1. The van der Waals surface area contributed by atoms with Crippen LogP contribution in [0.4, 0.5) is 5.82 Å². The molecule has 4 heteroatoms. The predicted molar refractivity (Wildman–Crippen MR) is 54.8 cm³/mol. The first kappa shape index (κ1) is 8.87. The van der Waals surface area contributed by atoms with Gasteiger partial charge in [-0.15, -0.1) is 0 Å². The van der Waals surface area contributed by atoms with Crippen molar-refractivity contribution in [1.82, 2.24) is 10.2 Å². The molecule has 0 aliphatic heterocycles. The molecule has 3 N–H and O–H groups in total. The fourth-order valence-electron chi connectivity index (χ4n) is 1.47. The lowest BCUT2D eigenvalue weighted by molar-refractivity contribution is 0.581. The first-order valence-electron chi connectivity index (χ1n) is 4.57. The zero-order valence-corrected chi connectivity index (χ0v) is 8.24. The van der Waals surface area contributed by atoms with Gasteiger partial charge in [0.25, 0.3) is 0 Å². The Morgan fingerprint density at radius 1 is 1.50 bits per heavy atom. The number of nitrogen functional groups attached to an aromatic ring is 1. The van der Waals surface area contributed by atoms with Gasteiger partial charge >= 0.3 is 0 Å². The molecule has 4 nitrogen and oxygen atoms in total. The van der Waals surface area contributed by atoms with Gasteiger partial charge in [0.1, 0.15) is 5.76 Å². The van der Waals surface area contributed by atoms with Crippen molar-refractivity contribution in [3.05, 3.63) is 24.1 Å². The topological polar surface area (TPSA) is 67.8 Å². The number of furan rings is 1. The van der Waals surface area contributed by atoms with E-state index in [1.165, 1.54) is 0 Å². The van der Waals surface area contributed by atoms with Crippen LogP contribution in [-0.2, 0) is 0 Å². The van der Waals surface area contributed by atoms with E-state index in [1.54, 1.807) is 6.26 Å². The highest BCUT2D eigenvalue weighted by Crippen LogP contribution is 2.32. The molecule has 74 valence electrons. The fourth-order valence-corrected chi connectivity index (χ4v) is 1.47. The van der Waals surface area contributed by atoms with Crippen LogP contribution >= 0.6 is 0 Å². The van der Waals surface area contributed by atoms with E-state index in [4.69, 9.17) is 10.2 Å². The molecule has 2 rings (SSSR count). The fraction of sp³-hybridized carbons (Fsp3) is 0.300. The normalized spacial score (nSPS) is 11.1. The minimum atomic E-state index is 0.347. The molecule has 0 unspecified atom stereocenters. The highest BCUT2D eigenvalue weighted by Gasteiger charge is 2.17. The van der Waals surface area contributed by atoms with Crippen LogP contribution in [-0.4, -0.2) is 10.2 Å². The predicted octanol–water partition coefficient (Wildman–Crippen LogP) is 2.38. The average molecular weight is 191 g/mol. The molecule has 0 radical (unpaired) electrons. The second kappa shape index (κ2) is 3.21. The highest BCUT2D eigenvalue weighted by atomic mass is 16.3. The molecule has 0 atom stereocenters. The van der Waals surface area contributed by atoms with Crippen LogP contribution in [0.2, 0.25) is 0 Å². The average Bonchev–Trinajstić information content (AvgIpc) is 2.71. The first-order valence-corrected chi connectivity index (χ1v) is 4.57. The van der Waals surface area contributed by atoms with Crippen LogP contribution in [0.5, 0.6) is 0 Å². The maximum Gasteiger partial charge on any atom is 0.156 e. The van der Waals surface area contributed by atoms with Crippen LogP contribution in [0.1, 0.15) is 25.5 Å². The Balaban J connectivity index is 2.56. The van der Waals surface area contributed by atoms with Gasteiger partial charge in [-0.1, -0.05) is 13.8 Å². The molecule has 2 aromatic rings. The number of hydrogen-bond acceptors (Lipinski definition) is 3. The Labute approximate surface area is 82.1 Å². The molecule has 0 saturated carbocycles. The zero-order valence-electron chi connectivity index (χ0n) is 8.24. The summed E-state index contributed by atoms with van der Waals surface area (Å²) in [4.78, 5) is 0. The maximum absolute atomic E-state index is 5.77. The van der Waals surface area contributed by atoms with Crippen LogP contribution in [0, 0.1) is 0 Å². The summed E-state index contributed by atoms with van der Waals surface area (Å²) in [5.74, 6) is 1.60. The van der Waals surface area contributed by atoms with Crippen LogP contribution in [0.15, 0.2) is 22.8 Å². The Kier molecular flexibility index (Phi) is 2.04. The number of nitrogens with zero attached hydrogens (tertiary/aromatic N) is 1. The van der Waals surface area contributed by atoms with E-state index in [-0.39, 0.29) is 0 Å². The van der Waals surface area contributed by atoms with Gasteiger partial charge in [0, 0.05) is 0 Å². The van der Waals surface area contributed by atoms with Gasteiger partial charge in [0.15, 0.2) is 5.82 Å². The number of nitrogens with one attached hydrogen (secondary N) is 1. The number of anilines is 1. The lowest BCUT2D eigenvalue weighted by Crippen LogP contribution is -1.91. The molecule has 0 amide bonds. The van der Waals surface area contributed by atoms with Gasteiger partial charge in [-0.3, -0.25) is 5.10 Å². The van der Waals surface area contributed by atoms with Crippen molar-refractivity contribution >= 4 is 5.82 Å². The summed E-state index contributed by atoms with van der Waals surface area (Å²) in [7, 11) is 0. The third-order valence-corrected chi connectivity index (χ3v) is 2.17. The van der Waals surface area contributed by atoms with Gasteiger partial charge < -0.3 is 10.2 Å². The highest BCUT2D eigenvalue weighted by molar-refractivity contribution is 5.72. The minimum absolute atomic E-state index is 0.347. The smallest absolute Gasteiger partial charge is 0.156 e. The third kappa shape index (κ3) is 1.28. The standard InChI is InChI=1S/C10H13N3O/c1-6(2)9-8(10(11)13-12-9)7-4-3-5-14-7/h3-6H,1-2H3,(H3,11,12,13). The first-order chi connectivity index (χ1) is 6.70. The summed E-state index contributed by atoms with van der Waals surface area (Å²) >= 11 is 0. The molecule has 2 heterocycles. The van der Waals surface area contributed by atoms with Gasteiger partial charge in [0.05, 0.1) is 17.5 Å². The minimum Gasteiger partial charge on any atom is -0.464 e. The number of hydrogen-bond donors (Lipinski definition) is 2. The van der Waals surface area contributed by atoms with Crippen molar-refractivity contribution in [3.63, 3.8) is 0 Å². The van der Waals surface area contributed by atoms with Crippen molar-refractivity contribution in [1.29, 1.82) is 0 Å². The summed E-state index contributed by atoms with van der Waals surface area (Å²) in [6.07, 6.45) is 1.63. The molecular weight excluding hydrogens is 178 g/mol. The van der Waals surface area contributed by atoms with E-state index in [0.29, 0.717) is 11.7 Å². The quantitative estimate of drug-likeness (QED) is 0.765. The lowest BCUT2D eigenvalue weighted by Gasteiger charge is -2.03. The van der Waals surface area contributed by atoms with Crippen LogP contribution in [0.25, 0.3) is 11.3 Å². The maximum atomic E-state index is 5.77. The van der Waals surface area contributed by atoms with Crippen molar-refractivity contribution < 1.29 is 4.42 Å².